The maximum Gasteiger partial charge on any atom is 0.261 e. The SMILES string of the molecule is Cc1cc(C)c2nc(NC(=O)c3ccccc3O)sc2c1. The van der Waals surface area contributed by atoms with Gasteiger partial charge in [0.25, 0.3) is 5.91 Å². The highest BCUT2D eigenvalue weighted by molar-refractivity contribution is 7.22. The van der Waals surface area contributed by atoms with Crippen LogP contribution in [0.5, 0.6) is 5.75 Å². The molecule has 1 heterocycles. The van der Waals surface area contributed by atoms with Crippen molar-refractivity contribution in [3.05, 3.63) is 53.1 Å². The van der Waals surface area contributed by atoms with Gasteiger partial charge in [0.1, 0.15) is 5.75 Å². The summed E-state index contributed by atoms with van der Waals surface area (Å²) in [6.07, 6.45) is 0. The van der Waals surface area contributed by atoms with Gasteiger partial charge in [-0.1, -0.05) is 29.5 Å². The third-order valence-electron chi connectivity index (χ3n) is 3.20. The summed E-state index contributed by atoms with van der Waals surface area (Å²) in [7, 11) is 0. The molecule has 0 radical (unpaired) electrons. The van der Waals surface area contributed by atoms with Crippen LogP contribution in [0.3, 0.4) is 0 Å². The van der Waals surface area contributed by atoms with Gasteiger partial charge in [-0.15, -0.1) is 0 Å². The third kappa shape index (κ3) is 2.60. The lowest BCUT2D eigenvalue weighted by Crippen LogP contribution is -2.11. The Bertz CT molecular complexity index is 839. The van der Waals surface area contributed by atoms with Gasteiger partial charge in [0.2, 0.25) is 0 Å². The summed E-state index contributed by atoms with van der Waals surface area (Å²) in [5.41, 5.74) is 3.40. The van der Waals surface area contributed by atoms with Crippen LogP contribution in [0.4, 0.5) is 5.13 Å². The van der Waals surface area contributed by atoms with Crippen molar-refractivity contribution in [3.8, 4) is 5.75 Å². The van der Waals surface area contributed by atoms with Crippen molar-refractivity contribution in [1.82, 2.24) is 4.98 Å². The molecule has 1 amide bonds. The van der Waals surface area contributed by atoms with E-state index in [0.717, 1.165) is 15.8 Å². The molecule has 0 aliphatic carbocycles. The largest absolute Gasteiger partial charge is 0.507 e. The Morgan fingerprint density at radius 3 is 2.76 bits per heavy atom. The molecular formula is C16H14N2O2S. The van der Waals surface area contributed by atoms with Gasteiger partial charge >= 0.3 is 0 Å². The molecule has 2 N–H and O–H groups in total. The van der Waals surface area contributed by atoms with Crippen LogP contribution in [-0.2, 0) is 0 Å². The number of thiazole rings is 1. The molecule has 1 aromatic heterocycles. The summed E-state index contributed by atoms with van der Waals surface area (Å²) in [6.45, 7) is 4.04. The van der Waals surface area contributed by atoms with Gasteiger partial charge in [0.15, 0.2) is 5.13 Å². The van der Waals surface area contributed by atoms with E-state index in [1.807, 2.05) is 13.8 Å². The van der Waals surface area contributed by atoms with Crippen LogP contribution in [-0.4, -0.2) is 16.0 Å². The highest BCUT2D eigenvalue weighted by Crippen LogP contribution is 2.30. The Labute approximate surface area is 126 Å². The standard InChI is InChI=1S/C16H14N2O2S/c1-9-7-10(2)14-13(8-9)21-16(17-14)18-15(20)11-5-3-4-6-12(11)19/h3-8,19H,1-2H3,(H,17,18,20). The number of benzene rings is 2. The van der Waals surface area contributed by atoms with Gasteiger partial charge in [-0.3, -0.25) is 10.1 Å². The number of aromatic hydroxyl groups is 1. The van der Waals surface area contributed by atoms with E-state index in [0.29, 0.717) is 5.13 Å². The average Bonchev–Trinajstić information content (AvgIpc) is 2.81. The number of hydrogen-bond donors (Lipinski definition) is 2. The van der Waals surface area contributed by atoms with E-state index in [1.54, 1.807) is 18.2 Å². The van der Waals surface area contributed by atoms with Gasteiger partial charge < -0.3 is 5.11 Å². The first kappa shape index (κ1) is 13.6. The van der Waals surface area contributed by atoms with Crippen molar-refractivity contribution in [1.29, 1.82) is 0 Å². The van der Waals surface area contributed by atoms with Crippen LogP contribution >= 0.6 is 11.3 Å². The van der Waals surface area contributed by atoms with Crippen molar-refractivity contribution < 1.29 is 9.90 Å². The van der Waals surface area contributed by atoms with E-state index in [1.165, 1.54) is 23.0 Å². The van der Waals surface area contributed by atoms with Gasteiger partial charge in [-0.05, 0) is 43.2 Å². The normalized spacial score (nSPS) is 10.8. The summed E-state index contributed by atoms with van der Waals surface area (Å²) in [5.74, 6) is -0.398. The summed E-state index contributed by atoms with van der Waals surface area (Å²) in [4.78, 5) is 16.6. The minimum absolute atomic E-state index is 0.0388. The number of aryl methyl sites for hydroxylation is 2. The lowest BCUT2D eigenvalue weighted by molar-refractivity contribution is 0.102. The second-order valence-corrected chi connectivity index (χ2v) is 5.95. The molecule has 4 nitrogen and oxygen atoms in total. The third-order valence-corrected chi connectivity index (χ3v) is 4.12. The number of phenols is 1. The molecule has 3 rings (SSSR count). The lowest BCUT2D eigenvalue weighted by Gasteiger charge is -2.03. The molecule has 0 atom stereocenters. The minimum Gasteiger partial charge on any atom is -0.507 e. The van der Waals surface area contributed by atoms with Crippen molar-refractivity contribution in [2.75, 3.05) is 5.32 Å². The molecule has 5 heteroatoms. The number of amides is 1. The fourth-order valence-corrected chi connectivity index (χ4v) is 3.29. The van der Waals surface area contributed by atoms with Gasteiger partial charge in [0, 0.05) is 0 Å². The van der Waals surface area contributed by atoms with Crippen LogP contribution in [0.2, 0.25) is 0 Å². The Morgan fingerprint density at radius 1 is 1.24 bits per heavy atom. The maximum absolute atomic E-state index is 12.2. The first-order valence-corrected chi connectivity index (χ1v) is 7.33. The van der Waals surface area contributed by atoms with E-state index >= 15 is 0 Å². The number of fused-ring (bicyclic) bond motifs is 1. The molecule has 0 spiro atoms. The number of nitrogens with zero attached hydrogens (tertiary/aromatic N) is 1. The zero-order valence-electron chi connectivity index (χ0n) is 11.7. The number of rotatable bonds is 2. The fraction of sp³-hybridized carbons (Fsp3) is 0.125. The predicted molar refractivity (Wildman–Crippen MR) is 85.2 cm³/mol. The molecule has 0 saturated heterocycles. The van der Waals surface area contributed by atoms with Crippen LogP contribution in [0.1, 0.15) is 21.5 Å². The Kier molecular flexibility index (Phi) is 3.35. The second kappa shape index (κ2) is 5.18. The first-order valence-electron chi connectivity index (χ1n) is 6.52. The summed E-state index contributed by atoms with van der Waals surface area (Å²) >= 11 is 1.43. The van der Waals surface area contributed by atoms with E-state index in [9.17, 15) is 9.90 Å². The van der Waals surface area contributed by atoms with Crippen LogP contribution in [0.15, 0.2) is 36.4 Å². The van der Waals surface area contributed by atoms with Gasteiger partial charge in [-0.25, -0.2) is 4.98 Å². The van der Waals surface area contributed by atoms with E-state index in [-0.39, 0.29) is 17.2 Å². The Hall–Kier alpha value is -2.40. The number of carbonyl (C=O) groups is 1. The highest BCUT2D eigenvalue weighted by atomic mass is 32.1. The van der Waals surface area contributed by atoms with E-state index in [2.05, 4.69) is 22.4 Å². The summed E-state index contributed by atoms with van der Waals surface area (Å²) in [5, 5.41) is 13.0. The number of para-hydroxylation sites is 1. The van der Waals surface area contributed by atoms with Crippen molar-refractivity contribution in [2.24, 2.45) is 0 Å². The maximum atomic E-state index is 12.2. The minimum atomic E-state index is -0.360. The average molecular weight is 298 g/mol. The zero-order valence-corrected chi connectivity index (χ0v) is 12.5. The number of aromatic nitrogens is 1. The number of carbonyl (C=O) groups excluding carboxylic acids is 1. The molecule has 2 aromatic carbocycles. The number of anilines is 1. The van der Waals surface area contributed by atoms with Crippen molar-refractivity contribution in [3.63, 3.8) is 0 Å². The van der Waals surface area contributed by atoms with Gasteiger partial charge in [-0.2, -0.15) is 0 Å². The molecule has 0 saturated carbocycles. The molecule has 0 aliphatic heterocycles. The van der Waals surface area contributed by atoms with Crippen LogP contribution in [0.25, 0.3) is 10.2 Å². The molecule has 3 aromatic rings. The molecule has 0 fully saturated rings. The molecule has 21 heavy (non-hydrogen) atoms. The number of phenolic OH excluding ortho intramolecular Hbond substituents is 1. The fourth-order valence-electron chi connectivity index (χ4n) is 2.25. The van der Waals surface area contributed by atoms with E-state index < -0.39 is 0 Å². The molecular weight excluding hydrogens is 284 g/mol. The van der Waals surface area contributed by atoms with Crippen LogP contribution < -0.4 is 5.32 Å². The Morgan fingerprint density at radius 2 is 2.00 bits per heavy atom. The molecule has 0 aliphatic rings. The topological polar surface area (TPSA) is 62.2 Å². The highest BCUT2D eigenvalue weighted by Gasteiger charge is 2.13. The van der Waals surface area contributed by atoms with Crippen LogP contribution in [0, 0.1) is 13.8 Å². The second-order valence-electron chi connectivity index (χ2n) is 4.92. The van der Waals surface area contributed by atoms with Crippen molar-refractivity contribution >= 4 is 32.6 Å². The molecule has 0 unspecified atom stereocenters. The summed E-state index contributed by atoms with van der Waals surface area (Å²) in [6, 6.07) is 10.6. The molecule has 106 valence electrons. The number of hydrogen-bond acceptors (Lipinski definition) is 4. The predicted octanol–water partition coefficient (Wildman–Crippen LogP) is 3.87. The molecule has 0 bridgehead atoms. The zero-order chi connectivity index (χ0) is 15.0. The Balaban J connectivity index is 1.94. The van der Waals surface area contributed by atoms with Crippen molar-refractivity contribution in [2.45, 2.75) is 13.8 Å². The monoisotopic (exact) mass is 298 g/mol. The summed E-state index contributed by atoms with van der Waals surface area (Å²) < 4.78 is 1.04. The quantitative estimate of drug-likeness (QED) is 0.755. The lowest BCUT2D eigenvalue weighted by atomic mass is 10.1. The first-order chi connectivity index (χ1) is 10.0. The smallest absolute Gasteiger partial charge is 0.261 e. The van der Waals surface area contributed by atoms with Gasteiger partial charge in [0.05, 0.1) is 15.8 Å². The number of nitrogens with one attached hydrogen (secondary N) is 1. The van der Waals surface area contributed by atoms with E-state index in [4.69, 9.17) is 0 Å².